The number of ketones is 1. The van der Waals surface area contributed by atoms with E-state index in [1.54, 1.807) is 91.9 Å². The molecule has 0 saturated heterocycles. The minimum Gasteiger partial charge on any atom is -0.494 e. The molecule has 3 N–H and O–H groups in total. The Balaban J connectivity index is 1.26. The van der Waals surface area contributed by atoms with E-state index in [2.05, 4.69) is 10.6 Å². The zero-order valence-corrected chi connectivity index (χ0v) is 23.3. The number of rotatable bonds is 14. The summed E-state index contributed by atoms with van der Waals surface area (Å²) in [4.78, 5) is 37.5. The lowest BCUT2D eigenvalue weighted by molar-refractivity contribution is -0.137. The minimum atomic E-state index is -1.03. The topological polar surface area (TPSA) is 105 Å². The van der Waals surface area contributed by atoms with Crippen molar-refractivity contribution in [3.63, 3.8) is 0 Å². The van der Waals surface area contributed by atoms with E-state index < -0.39 is 12.0 Å². The Morgan fingerprint density at radius 3 is 2.21 bits per heavy atom. The second-order valence-corrected chi connectivity index (χ2v) is 9.89. The number of carboxylic acids is 1. The maximum atomic E-state index is 13.1. The van der Waals surface area contributed by atoms with Gasteiger partial charge in [-0.25, -0.2) is 9.18 Å². The smallest absolute Gasteiger partial charge is 0.326 e. The molecule has 4 aromatic rings. The molecule has 0 spiro atoms. The molecule has 1 amide bonds. The molecule has 0 bridgehead atoms. The second-order valence-electron chi connectivity index (χ2n) is 9.89. The Hall–Kier alpha value is -4.98. The first kappa shape index (κ1) is 30.0. The summed E-state index contributed by atoms with van der Waals surface area (Å²) in [6.07, 6.45) is 0.789. The number of carbonyl (C=O) groups excluding carboxylic acids is 2. The number of carbonyl (C=O) groups is 3. The standard InChI is InChI=1S/C34H33FN2O5/c1-23(25-14-16-27(35)17-15-25)33(39)36-20-7-21-42-28-18-12-24(13-19-28)22-31(34(40)41)37-30-11-6-5-10-29(30)32(38)26-8-3-2-4-9-26/h2-6,8-19,23,31,37H,7,20-22H2,1H3,(H,36,39)(H,40,41). The van der Waals surface area contributed by atoms with E-state index in [1.165, 1.54) is 12.1 Å². The van der Waals surface area contributed by atoms with Crippen molar-refractivity contribution in [2.24, 2.45) is 0 Å². The molecule has 0 aromatic heterocycles. The molecule has 0 radical (unpaired) electrons. The van der Waals surface area contributed by atoms with Gasteiger partial charge in [-0.15, -0.1) is 0 Å². The predicted molar refractivity (Wildman–Crippen MR) is 159 cm³/mol. The van der Waals surface area contributed by atoms with Gasteiger partial charge in [-0.05, 0) is 60.9 Å². The van der Waals surface area contributed by atoms with Gasteiger partial charge in [0.2, 0.25) is 5.91 Å². The molecule has 0 aliphatic heterocycles. The highest BCUT2D eigenvalue weighted by Crippen LogP contribution is 2.22. The lowest BCUT2D eigenvalue weighted by atomic mass is 10.00. The van der Waals surface area contributed by atoms with Crippen LogP contribution in [0.5, 0.6) is 5.75 Å². The van der Waals surface area contributed by atoms with Gasteiger partial charge in [-0.3, -0.25) is 9.59 Å². The van der Waals surface area contributed by atoms with Gasteiger partial charge in [0.05, 0.1) is 12.5 Å². The highest BCUT2D eigenvalue weighted by molar-refractivity contribution is 6.12. The van der Waals surface area contributed by atoms with E-state index >= 15 is 0 Å². The van der Waals surface area contributed by atoms with Gasteiger partial charge in [0.1, 0.15) is 17.6 Å². The third-order valence-corrected chi connectivity index (χ3v) is 6.85. The van der Waals surface area contributed by atoms with Gasteiger partial charge in [-0.2, -0.15) is 0 Å². The lowest BCUT2D eigenvalue weighted by Gasteiger charge is -2.18. The summed E-state index contributed by atoms with van der Waals surface area (Å²) in [6, 6.07) is 27.8. The summed E-state index contributed by atoms with van der Waals surface area (Å²) >= 11 is 0. The molecular weight excluding hydrogens is 535 g/mol. The van der Waals surface area contributed by atoms with E-state index in [-0.39, 0.29) is 29.8 Å². The van der Waals surface area contributed by atoms with Crippen LogP contribution in [0.3, 0.4) is 0 Å². The Bertz CT molecular complexity index is 1490. The van der Waals surface area contributed by atoms with Crippen LogP contribution >= 0.6 is 0 Å². The minimum absolute atomic E-state index is 0.139. The number of anilines is 1. The molecule has 0 aliphatic carbocycles. The molecule has 4 aromatic carbocycles. The van der Waals surface area contributed by atoms with Crippen LogP contribution in [-0.4, -0.2) is 42.0 Å². The Kier molecular flexibility index (Phi) is 10.4. The van der Waals surface area contributed by atoms with Crippen molar-refractivity contribution in [1.82, 2.24) is 5.32 Å². The van der Waals surface area contributed by atoms with Crippen LogP contribution in [-0.2, 0) is 16.0 Å². The number of hydrogen-bond acceptors (Lipinski definition) is 5. The number of aliphatic carboxylic acids is 1. The van der Waals surface area contributed by atoms with Gasteiger partial charge in [0.15, 0.2) is 5.78 Å². The van der Waals surface area contributed by atoms with Gasteiger partial charge in [0, 0.05) is 29.8 Å². The fraction of sp³-hybridized carbons (Fsp3) is 0.206. The summed E-state index contributed by atoms with van der Waals surface area (Å²) < 4.78 is 18.9. The lowest BCUT2D eigenvalue weighted by Crippen LogP contribution is -2.32. The molecule has 0 aliphatic rings. The van der Waals surface area contributed by atoms with Crippen LogP contribution in [0.2, 0.25) is 0 Å². The van der Waals surface area contributed by atoms with E-state index in [4.69, 9.17) is 4.74 Å². The van der Waals surface area contributed by atoms with Crippen LogP contribution < -0.4 is 15.4 Å². The summed E-state index contributed by atoms with van der Waals surface area (Å²) in [6.45, 7) is 2.59. The number of ether oxygens (including phenoxy) is 1. The number of nitrogens with one attached hydrogen (secondary N) is 2. The summed E-state index contributed by atoms with van der Waals surface area (Å²) in [5, 5.41) is 15.8. The molecule has 2 unspecified atom stereocenters. The molecule has 0 saturated carbocycles. The van der Waals surface area contributed by atoms with Crippen LogP contribution in [0.25, 0.3) is 0 Å². The first-order chi connectivity index (χ1) is 20.3. The molecule has 2 atom stereocenters. The van der Waals surface area contributed by atoms with E-state index in [9.17, 15) is 23.9 Å². The van der Waals surface area contributed by atoms with E-state index in [1.807, 2.05) is 6.07 Å². The monoisotopic (exact) mass is 568 g/mol. The maximum Gasteiger partial charge on any atom is 0.326 e. The van der Waals surface area contributed by atoms with Gasteiger partial charge in [-0.1, -0.05) is 66.7 Å². The number of benzene rings is 4. The van der Waals surface area contributed by atoms with Crippen molar-refractivity contribution in [3.05, 3.63) is 131 Å². The summed E-state index contributed by atoms with van der Waals surface area (Å²) in [5.41, 5.74) is 2.92. The first-order valence-electron chi connectivity index (χ1n) is 13.7. The number of hydrogen-bond donors (Lipinski definition) is 3. The molecule has 0 fully saturated rings. The number of para-hydroxylation sites is 1. The molecule has 0 heterocycles. The highest BCUT2D eigenvalue weighted by atomic mass is 19.1. The maximum absolute atomic E-state index is 13.1. The van der Waals surface area contributed by atoms with Crippen molar-refractivity contribution in [2.75, 3.05) is 18.5 Å². The fourth-order valence-corrected chi connectivity index (χ4v) is 4.43. The average molecular weight is 569 g/mol. The molecule has 7 nitrogen and oxygen atoms in total. The largest absolute Gasteiger partial charge is 0.494 e. The summed E-state index contributed by atoms with van der Waals surface area (Å²) in [7, 11) is 0. The molecule has 8 heteroatoms. The molecule has 4 rings (SSSR count). The number of amides is 1. The first-order valence-corrected chi connectivity index (χ1v) is 13.7. The van der Waals surface area contributed by atoms with Crippen molar-refractivity contribution in [3.8, 4) is 5.75 Å². The van der Waals surface area contributed by atoms with E-state index in [0.29, 0.717) is 42.1 Å². The van der Waals surface area contributed by atoms with Crippen molar-refractivity contribution in [1.29, 1.82) is 0 Å². The summed E-state index contributed by atoms with van der Waals surface area (Å²) in [5.74, 6) is -1.46. The van der Waals surface area contributed by atoms with Crippen LogP contribution in [0.1, 0.15) is 46.3 Å². The van der Waals surface area contributed by atoms with Crippen molar-refractivity contribution < 1.29 is 28.6 Å². The third-order valence-electron chi connectivity index (χ3n) is 6.85. The SMILES string of the molecule is CC(C(=O)NCCCOc1ccc(CC(Nc2ccccc2C(=O)c2ccccc2)C(=O)O)cc1)c1ccc(F)cc1. The zero-order chi connectivity index (χ0) is 29.9. The highest BCUT2D eigenvalue weighted by Gasteiger charge is 2.21. The number of halogens is 1. The van der Waals surface area contributed by atoms with Crippen LogP contribution in [0.15, 0.2) is 103 Å². The Morgan fingerprint density at radius 1 is 0.857 bits per heavy atom. The quantitative estimate of drug-likeness (QED) is 0.130. The van der Waals surface area contributed by atoms with Crippen molar-refractivity contribution >= 4 is 23.3 Å². The molecule has 216 valence electrons. The van der Waals surface area contributed by atoms with Crippen LogP contribution in [0, 0.1) is 5.82 Å². The van der Waals surface area contributed by atoms with E-state index in [0.717, 1.165) is 11.1 Å². The predicted octanol–water partition coefficient (Wildman–Crippen LogP) is 5.85. The third kappa shape index (κ3) is 8.27. The van der Waals surface area contributed by atoms with Gasteiger partial charge in [0.25, 0.3) is 0 Å². The Morgan fingerprint density at radius 2 is 1.52 bits per heavy atom. The number of carboxylic acid groups (broad SMARTS) is 1. The fourth-order valence-electron chi connectivity index (χ4n) is 4.43. The normalized spacial score (nSPS) is 12.1. The molecule has 42 heavy (non-hydrogen) atoms. The van der Waals surface area contributed by atoms with Gasteiger partial charge >= 0.3 is 5.97 Å². The average Bonchev–Trinajstić information content (AvgIpc) is 3.01. The van der Waals surface area contributed by atoms with Crippen molar-refractivity contribution in [2.45, 2.75) is 31.7 Å². The Labute approximate surface area is 244 Å². The molecular formula is C34H33FN2O5. The second kappa shape index (κ2) is 14.6. The van der Waals surface area contributed by atoms with Crippen LogP contribution in [0.4, 0.5) is 10.1 Å². The zero-order valence-electron chi connectivity index (χ0n) is 23.3. The van der Waals surface area contributed by atoms with Gasteiger partial charge < -0.3 is 20.5 Å².